The number of carbonyl (C=O) groups is 1. The lowest BCUT2D eigenvalue weighted by atomic mass is 10.1. The molecule has 4 rings (SSSR count). The van der Waals surface area contributed by atoms with E-state index in [9.17, 15) is 4.79 Å². The summed E-state index contributed by atoms with van der Waals surface area (Å²) in [5.41, 5.74) is 2.73. The molecule has 0 spiro atoms. The Morgan fingerprint density at radius 2 is 2.19 bits per heavy atom. The topological polar surface area (TPSA) is 60.5 Å². The number of aliphatic imine (C=N–C) groups is 1. The number of carbonyl (C=O) groups excluding carboxylic acids is 1. The molecule has 2 N–H and O–H groups in total. The van der Waals surface area contributed by atoms with Crippen molar-refractivity contribution < 1.29 is 4.79 Å². The zero-order chi connectivity index (χ0) is 14.2. The Morgan fingerprint density at radius 3 is 3.05 bits per heavy atom. The van der Waals surface area contributed by atoms with Crippen molar-refractivity contribution in [3.63, 3.8) is 0 Å². The van der Waals surface area contributed by atoms with Crippen LogP contribution in [0.5, 0.6) is 0 Å². The molecular weight excluding hydrogens is 264 g/mol. The number of hydrogen-bond donors (Lipinski definition) is 2. The van der Waals surface area contributed by atoms with Crippen LogP contribution in [0.25, 0.3) is 0 Å². The zero-order valence-electron chi connectivity index (χ0n) is 11.3. The molecule has 5 heteroatoms. The third-order valence-electron chi connectivity index (χ3n) is 3.71. The molecule has 0 saturated heterocycles. The molecule has 3 heterocycles. The van der Waals surface area contributed by atoms with E-state index in [2.05, 4.69) is 20.2 Å². The van der Waals surface area contributed by atoms with Crippen molar-refractivity contribution in [1.29, 1.82) is 0 Å². The first kappa shape index (κ1) is 12.0. The van der Waals surface area contributed by atoms with E-state index < -0.39 is 0 Å². The zero-order valence-corrected chi connectivity index (χ0v) is 11.3. The molecule has 1 aromatic heterocycles. The maximum atomic E-state index is 12.3. The Hall–Kier alpha value is -2.82. The molecule has 0 fully saturated rings. The number of anilines is 1. The molecule has 1 aromatic carbocycles. The van der Waals surface area contributed by atoms with Crippen LogP contribution in [0.2, 0.25) is 0 Å². The van der Waals surface area contributed by atoms with E-state index in [0.717, 1.165) is 36.0 Å². The van der Waals surface area contributed by atoms with Crippen molar-refractivity contribution in [3.8, 4) is 0 Å². The summed E-state index contributed by atoms with van der Waals surface area (Å²) < 4.78 is 0. The molecule has 0 atom stereocenters. The number of fused-ring (bicyclic) bond motifs is 3. The molecule has 2 aromatic rings. The maximum absolute atomic E-state index is 12.3. The molecule has 0 aliphatic carbocycles. The summed E-state index contributed by atoms with van der Waals surface area (Å²) in [6.45, 7) is 1.55. The molecule has 2 aliphatic rings. The fraction of sp³-hybridized carbons (Fsp3) is 0.125. The van der Waals surface area contributed by atoms with Gasteiger partial charge in [0, 0.05) is 36.1 Å². The quantitative estimate of drug-likeness (QED) is 0.654. The summed E-state index contributed by atoms with van der Waals surface area (Å²) in [6, 6.07) is 9.79. The third kappa shape index (κ3) is 1.94. The largest absolute Gasteiger partial charge is 0.367 e. The lowest BCUT2D eigenvalue weighted by molar-refractivity contribution is 0.104. The number of ketones is 1. The number of H-pyrrole nitrogens is 1. The second-order valence-electron chi connectivity index (χ2n) is 5.02. The predicted molar refractivity (Wildman–Crippen MR) is 81.4 cm³/mol. The van der Waals surface area contributed by atoms with E-state index in [-0.39, 0.29) is 5.78 Å². The Morgan fingerprint density at radius 1 is 1.29 bits per heavy atom. The van der Waals surface area contributed by atoms with E-state index in [1.165, 1.54) is 0 Å². The van der Waals surface area contributed by atoms with Gasteiger partial charge in [-0.2, -0.15) is 0 Å². The second-order valence-corrected chi connectivity index (χ2v) is 5.02. The van der Waals surface area contributed by atoms with Gasteiger partial charge in [0.15, 0.2) is 5.78 Å². The normalized spacial score (nSPS) is 18.0. The lowest BCUT2D eigenvalue weighted by Crippen LogP contribution is -2.36. The van der Waals surface area contributed by atoms with Gasteiger partial charge in [-0.3, -0.25) is 9.79 Å². The number of nitrogens with zero attached hydrogens (tertiary/aromatic N) is 2. The van der Waals surface area contributed by atoms with Crippen LogP contribution in [0.3, 0.4) is 0 Å². The van der Waals surface area contributed by atoms with Gasteiger partial charge in [-0.25, -0.2) is 0 Å². The van der Waals surface area contributed by atoms with Gasteiger partial charge in [0.1, 0.15) is 11.7 Å². The van der Waals surface area contributed by atoms with Crippen molar-refractivity contribution in [1.82, 2.24) is 9.88 Å². The summed E-state index contributed by atoms with van der Waals surface area (Å²) in [6.07, 6.45) is 5.09. The van der Waals surface area contributed by atoms with E-state index >= 15 is 0 Å². The van der Waals surface area contributed by atoms with E-state index in [0.29, 0.717) is 5.56 Å². The minimum absolute atomic E-state index is 0.0237. The first-order chi connectivity index (χ1) is 10.3. The molecule has 0 amide bonds. The van der Waals surface area contributed by atoms with E-state index in [1.807, 2.05) is 24.3 Å². The van der Waals surface area contributed by atoms with Gasteiger partial charge in [-0.1, -0.05) is 12.1 Å². The van der Waals surface area contributed by atoms with Crippen molar-refractivity contribution >= 4 is 17.3 Å². The fourth-order valence-electron chi connectivity index (χ4n) is 2.70. The van der Waals surface area contributed by atoms with Crippen LogP contribution in [0.1, 0.15) is 15.9 Å². The van der Waals surface area contributed by atoms with Crippen LogP contribution in [0, 0.1) is 0 Å². The first-order valence-corrected chi connectivity index (χ1v) is 6.90. The number of benzene rings is 1. The van der Waals surface area contributed by atoms with Gasteiger partial charge in [0.2, 0.25) is 0 Å². The van der Waals surface area contributed by atoms with Crippen LogP contribution in [0.15, 0.2) is 59.6 Å². The minimum Gasteiger partial charge on any atom is -0.367 e. The van der Waals surface area contributed by atoms with E-state index in [1.54, 1.807) is 24.5 Å². The van der Waals surface area contributed by atoms with E-state index in [4.69, 9.17) is 0 Å². The van der Waals surface area contributed by atoms with Crippen LogP contribution < -0.4 is 5.32 Å². The van der Waals surface area contributed by atoms with Gasteiger partial charge < -0.3 is 15.2 Å². The number of aromatic nitrogens is 1. The van der Waals surface area contributed by atoms with Crippen molar-refractivity contribution in [2.45, 2.75) is 0 Å². The van der Waals surface area contributed by atoms with Crippen molar-refractivity contribution in [2.75, 3.05) is 18.4 Å². The molecule has 104 valence electrons. The minimum atomic E-state index is -0.0237. The first-order valence-electron chi connectivity index (χ1n) is 6.90. The van der Waals surface area contributed by atoms with Gasteiger partial charge in [0.05, 0.1) is 12.2 Å². The number of allylic oxidation sites excluding steroid dienone is 1. The highest BCUT2D eigenvalue weighted by atomic mass is 16.1. The molecule has 5 nitrogen and oxygen atoms in total. The van der Waals surface area contributed by atoms with Crippen molar-refractivity contribution in [3.05, 3.63) is 65.7 Å². The number of hydrogen-bond acceptors (Lipinski definition) is 4. The standard InChI is InChI=1S/C16H14N4O/c21-14(11-5-6-17-10-11)9-15-19-13-4-2-1-3-12(13)16-18-7-8-20(15)16/h1-6,9-10,17,19H,7-8H2/b15-9+. The fourth-order valence-corrected chi connectivity index (χ4v) is 2.70. The highest BCUT2D eigenvalue weighted by Gasteiger charge is 2.29. The predicted octanol–water partition coefficient (Wildman–Crippen LogP) is 2.23. The monoisotopic (exact) mass is 278 g/mol. The van der Waals surface area contributed by atoms with Crippen LogP contribution >= 0.6 is 0 Å². The average Bonchev–Trinajstić information content (AvgIpc) is 3.19. The Bertz CT molecular complexity index is 758. The summed E-state index contributed by atoms with van der Waals surface area (Å²) >= 11 is 0. The van der Waals surface area contributed by atoms with Gasteiger partial charge in [-0.15, -0.1) is 0 Å². The van der Waals surface area contributed by atoms with Gasteiger partial charge >= 0.3 is 0 Å². The maximum Gasteiger partial charge on any atom is 0.190 e. The summed E-state index contributed by atoms with van der Waals surface area (Å²) in [4.78, 5) is 21.8. The number of rotatable bonds is 2. The van der Waals surface area contributed by atoms with Crippen molar-refractivity contribution in [2.24, 2.45) is 4.99 Å². The van der Waals surface area contributed by atoms with Crippen LogP contribution in [-0.2, 0) is 0 Å². The third-order valence-corrected chi connectivity index (χ3v) is 3.71. The van der Waals surface area contributed by atoms with Gasteiger partial charge in [0.25, 0.3) is 0 Å². The molecule has 2 aliphatic heterocycles. The highest BCUT2D eigenvalue weighted by molar-refractivity contribution is 6.10. The van der Waals surface area contributed by atoms with Crippen LogP contribution in [-0.4, -0.2) is 34.6 Å². The summed E-state index contributed by atoms with van der Waals surface area (Å²) in [5.74, 6) is 1.71. The number of aromatic amines is 1. The average molecular weight is 278 g/mol. The summed E-state index contributed by atoms with van der Waals surface area (Å²) in [5, 5.41) is 3.34. The number of para-hydroxylation sites is 1. The molecule has 21 heavy (non-hydrogen) atoms. The Kier molecular flexibility index (Phi) is 2.64. The molecule has 0 bridgehead atoms. The number of nitrogens with one attached hydrogen (secondary N) is 2. The lowest BCUT2D eigenvalue weighted by Gasteiger charge is -2.31. The molecule has 0 radical (unpaired) electrons. The smallest absolute Gasteiger partial charge is 0.190 e. The van der Waals surface area contributed by atoms with Gasteiger partial charge in [-0.05, 0) is 18.2 Å². The SMILES string of the molecule is O=C(/C=C1\Nc2ccccc2C2=NCCN21)c1cc[nH]c1. The second kappa shape index (κ2) is 4.63. The summed E-state index contributed by atoms with van der Waals surface area (Å²) in [7, 11) is 0. The Balaban J connectivity index is 1.75. The molecule has 0 saturated carbocycles. The molecular formula is C16H14N4O. The highest BCUT2D eigenvalue weighted by Crippen LogP contribution is 2.29. The molecule has 0 unspecified atom stereocenters. The van der Waals surface area contributed by atoms with Crippen LogP contribution in [0.4, 0.5) is 5.69 Å². The number of amidine groups is 1. The Labute approximate surface area is 122 Å².